The van der Waals surface area contributed by atoms with E-state index in [1.807, 2.05) is 48.5 Å². The van der Waals surface area contributed by atoms with Crippen molar-refractivity contribution in [2.75, 3.05) is 5.32 Å². The number of halogens is 3. The first kappa shape index (κ1) is 20.5. The Morgan fingerprint density at radius 3 is 2.29 bits per heavy atom. The number of anilines is 1. The first-order valence-electron chi connectivity index (χ1n) is 9.41. The van der Waals surface area contributed by atoms with E-state index >= 15 is 0 Å². The van der Waals surface area contributed by atoms with Crippen LogP contribution < -0.4 is 5.32 Å². The lowest BCUT2D eigenvalue weighted by Gasteiger charge is -2.15. The number of tetrazole rings is 1. The number of hydrogen-bond acceptors (Lipinski definition) is 6. The number of aryl methyl sites for hydroxylation is 1. The number of nitrogens with zero attached hydrogens (tertiary/aromatic N) is 5. The molecule has 0 aliphatic rings. The monoisotopic (exact) mass is 425 g/mol. The highest BCUT2D eigenvalue weighted by Gasteiger charge is 2.36. The summed E-state index contributed by atoms with van der Waals surface area (Å²) in [5, 5.41) is 17.0. The minimum atomic E-state index is -4.53. The summed E-state index contributed by atoms with van der Waals surface area (Å²) in [6.07, 6.45) is -4.53. The van der Waals surface area contributed by atoms with Gasteiger partial charge in [-0.05, 0) is 41.0 Å². The van der Waals surface area contributed by atoms with E-state index in [2.05, 4.69) is 35.9 Å². The van der Waals surface area contributed by atoms with Gasteiger partial charge in [-0.15, -0.1) is 5.10 Å². The number of alkyl halides is 3. The predicted molar refractivity (Wildman–Crippen MR) is 109 cm³/mol. The van der Waals surface area contributed by atoms with Crippen LogP contribution in [-0.4, -0.2) is 30.6 Å². The summed E-state index contributed by atoms with van der Waals surface area (Å²) in [5.41, 5.74) is 2.74. The van der Waals surface area contributed by atoms with Gasteiger partial charge in [0, 0.05) is 17.7 Å². The molecule has 2 aromatic carbocycles. The highest BCUT2D eigenvalue weighted by Crippen LogP contribution is 2.33. The molecule has 7 nitrogen and oxygen atoms in total. The van der Waals surface area contributed by atoms with E-state index in [4.69, 9.17) is 0 Å². The quantitative estimate of drug-likeness (QED) is 0.487. The number of nitrogens with one attached hydrogen (secondary N) is 2. The van der Waals surface area contributed by atoms with Crippen LogP contribution in [0.3, 0.4) is 0 Å². The van der Waals surface area contributed by atoms with Crippen molar-refractivity contribution in [2.24, 2.45) is 0 Å². The Bertz CT molecular complexity index is 1190. The largest absolute Gasteiger partial charge is 0.433 e. The van der Waals surface area contributed by atoms with Crippen molar-refractivity contribution in [1.82, 2.24) is 30.6 Å². The van der Waals surface area contributed by atoms with Crippen molar-refractivity contribution >= 4 is 5.82 Å². The van der Waals surface area contributed by atoms with Crippen LogP contribution in [0.15, 0.2) is 48.5 Å². The summed E-state index contributed by atoms with van der Waals surface area (Å²) in [4.78, 5) is 7.66. The van der Waals surface area contributed by atoms with E-state index in [0.717, 1.165) is 22.3 Å². The normalized spacial score (nSPS) is 11.5. The third-order valence-electron chi connectivity index (χ3n) is 4.78. The first-order valence-corrected chi connectivity index (χ1v) is 9.41. The fraction of sp³-hybridized carbons (Fsp3) is 0.190. The summed E-state index contributed by atoms with van der Waals surface area (Å²) < 4.78 is 39.5. The molecule has 4 rings (SSSR count). The zero-order valence-electron chi connectivity index (χ0n) is 16.7. The zero-order chi connectivity index (χ0) is 22.0. The molecule has 4 aromatic rings. The maximum atomic E-state index is 13.2. The molecule has 31 heavy (non-hydrogen) atoms. The third kappa shape index (κ3) is 4.37. The maximum absolute atomic E-state index is 13.2. The Morgan fingerprint density at radius 2 is 1.65 bits per heavy atom. The molecular formula is C21H18F3N7. The standard InChI is InChI=1S/C21H18F3N7/c1-12-18(21(22,23)24)26-13(2)27-19(12)25-11-14-7-9-15(10-8-14)16-5-3-4-6-17(16)20-28-30-31-29-20/h3-10H,11H2,1-2H3,(H,25,26,27)(H,28,29,30,31). The minimum Gasteiger partial charge on any atom is -0.366 e. The smallest absolute Gasteiger partial charge is 0.366 e. The van der Waals surface area contributed by atoms with Crippen molar-refractivity contribution in [1.29, 1.82) is 0 Å². The molecular weight excluding hydrogens is 407 g/mol. The Morgan fingerprint density at radius 1 is 0.935 bits per heavy atom. The lowest BCUT2D eigenvalue weighted by molar-refractivity contribution is -0.141. The first-order chi connectivity index (χ1) is 14.8. The number of benzene rings is 2. The fourth-order valence-corrected chi connectivity index (χ4v) is 3.28. The van der Waals surface area contributed by atoms with E-state index in [0.29, 0.717) is 12.4 Å². The molecule has 0 fully saturated rings. The average molecular weight is 425 g/mol. The van der Waals surface area contributed by atoms with Crippen molar-refractivity contribution in [3.8, 4) is 22.5 Å². The number of H-pyrrole nitrogens is 1. The molecule has 0 aliphatic carbocycles. The number of aromatic amines is 1. The molecule has 0 unspecified atom stereocenters. The predicted octanol–water partition coefficient (Wildman–Crippen LogP) is 4.57. The Kier molecular flexibility index (Phi) is 5.37. The molecule has 0 atom stereocenters. The molecule has 158 valence electrons. The molecule has 0 amide bonds. The van der Waals surface area contributed by atoms with Gasteiger partial charge in [-0.2, -0.15) is 13.2 Å². The van der Waals surface area contributed by atoms with Gasteiger partial charge in [0.2, 0.25) is 0 Å². The molecule has 0 spiro atoms. The van der Waals surface area contributed by atoms with Crippen molar-refractivity contribution in [3.05, 3.63) is 71.2 Å². The van der Waals surface area contributed by atoms with Crippen LogP contribution in [-0.2, 0) is 12.7 Å². The van der Waals surface area contributed by atoms with E-state index < -0.39 is 11.9 Å². The van der Waals surface area contributed by atoms with Gasteiger partial charge in [-0.3, -0.25) is 0 Å². The van der Waals surface area contributed by atoms with E-state index in [-0.39, 0.29) is 17.2 Å². The van der Waals surface area contributed by atoms with Gasteiger partial charge in [0.1, 0.15) is 11.6 Å². The number of hydrogen-bond donors (Lipinski definition) is 2. The molecule has 0 saturated carbocycles. The van der Waals surface area contributed by atoms with Crippen molar-refractivity contribution in [2.45, 2.75) is 26.6 Å². The lowest BCUT2D eigenvalue weighted by Crippen LogP contribution is -2.15. The van der Waals surface area contributed by atoms with E-state index in [1.165, 1.54) is 13.8 Å². The van der Waals surface area contributed by atoms with Crippen LogP contribution in [0.2, 0.25) is 0 Å². The third-order valence-corrected chi connectivity index (χ3v) is 4.78. The molecule has 2 N–H and O–H groups in total. The molecule has 0 saturated heterocycles. The van der Waals surface area contributed by atoms with Gasteiger partial charge in [0.05, 0.1) is 0 Å². The molecule has 10 heteroatoms. The molecule has 2 aromatic heterocycles. The SMILES string of the molecule is Cc1nc(NCc2ccc(-c3ccccc3-c3nnn[nH]3)cc2)c(C)c(C(F)(F)F)n1. The van der Waals surface area contributed by atoms with Crippen LogP contribution in [0.5, 0.6) is 0 Å². The zero-order valence-corrected chi connectivity index (χ0v) is 16.7. The van der Waals surface area contributed by atoms with Crippen molar-refractivity contribution < 1.29 is 13.2 Å². The van der Waals surface area contributed by atoms with Gasteiger partial charge < -0.3 is 5.32 Å². The maximum Gasteiger partial charge on any atom is 0.433 e. The summed E-state index contributed by atoms with van der Waals surface area (Å²) in [7, 11) is 0. The second kappa shape index (κ2) is 8.13. The Hall–Kier alpha value is -3.82. The topological polar surface area (TPSA) is 92.3 Å². The molecule has 0 bridgehead atoms. The van der Waals surface area contributed by atoms with Gasteiger partial charge >= 0.3 is 6.18 Å². The van der Waals surface area contributed by atoms with Crippen LogP contribution in [0.1, 0.15) is 22.6 Å². The Balaban J connectivity index is 1.55. The fourth-order valence-electron chi connectivity index (χ4n) is 3.28. The second-order valence-corrected chi connectivity index (χ2v) is 6.94. The average Bonchev–Trinajstić information content (AvgIpc) is 3.28. The summed E-state index contributed by atoms with van der Waals surface area (Å²) >= 11 is 0. The minimum absolute atomic E-state index is 0.0238. The van der Waals surface area contributed by atoms with Crippen LogP contribution in [0, 0.1) is 13.8 Å². The van der Waals surface area contributed by atoms with E-state index in [1.54, 1.807) is 0 Å². The summed E-state index contributed by atoms with van der Waals surface area (Å²) in [6.45, 7) is 3.13. The van der Waals surface area contributed by atoms with E-state index in [9.17, 15) is 13.2 Å². The van der Waals surface area contributed by atoms with Crippen LogP contribution in [0.25, 0.3) is 22.5 Å². The molecule has 0 radical (unpaired) electrons. The van der Waals surface area contributed by atoms with Crippen LogP contribution >= 0.6 is 0 Å². The second-order valence-electron chi connectivity index (χ2n) is 6.94. The Labute approximate surface area is 175 Å². The van der Waals surface area contributed by atoms with Gasteiger partial charge in [-0.25, -0.2) is 15.1 Å². The summed E-state index contributed by atoms with van der Waals surface area (Å²) in [5.74, 6) is 0.803. The lowest BCUT2D eigenvalue weighted by atomic mass is 9.98. The number of aromatic nitrogens is 6. The number of rotatable bonds is 5. The van der Waals surface area contributed by atoms with Crippen molar-refractivity contribution in [3.63, 3.8) is 0 Å². The van der Waals surface area contributed by atoms with Crippen LogP contribution in [0.4, 0.5) is 19.0 Å². The molecule has 2 heterocycles. The van der Waals surface area contributed by atoms with Gasteiger partial charge in [0.15, 0.2) is 11.5 Å². The molecule has 0 aliphatic heterocycles. The van der Waals surface area contributed by atoms with Gasteiger partial charge in [-0.1, -0.05) is 48.5 Å². The summed E-state index contributed by atoms with van der Waals surface area (Å²) in [6, 6.07) is 15.4. The highest BCUT2D eigenvalue weighted by atomic mass is 19.4. The highest BCUT2D eigenvalue weighted by molar-refractivity contribution is 5.80. The van der Waals surface area contributed by atoms with Gasteiger partial charge in [0.25, 0.3) is 0 Å².